The molecule has 3 amide bonds. The fourth-order valence-corrected chi connectivity index (χ4v) is 4.65. The molecule has 0 spiro atoms. The molecule has 43 heavy (non-hydrogen) atoms. The van der Waals surface area contributed by atoms with Crippen LogP contribution in [0.15, 0.2) is 91.0 Å². The van der Waals surface area contributed by atoms with Gasteiger partial charge in [0.2, 0.25) is 17.7 Å². The number of nitrogens with two attached hydrogens (primary N) is 2. The van der Waals surface area contributed by atoms with Crippen LogP contribution in [0.1, 0.15) is 36.0 Å². The largest absolute Gasteiger partial charge is 0.480 e. The highest BCUT2D eigenvalue weighted by Gasteiger charge is 2.30. The number of carboxylic acids is 1. The number of unbranched alkanes of at least 4 members (excludes halogenated alkanes) is 1. The summed E-state index contributed by atoms with van der Waals surface area (Å²) < 4.78 is 0. The van der Waals surface area contributed by atoms with Gasteiger partial charge >= 0.3 is 5.97 Å². The van der Waals surface area contributed by atoms with Gasteiger partial charge in [-0.2, -0.15) is 0 Å². The van der Waals surface area contributed by atoms with E-state index in [1.54, 1.807) is 0 Å². The minimum atomic E-state index is -1.17. The Morgan fingerprint density at radius 1 is 0.581 bits per heavy atom. The van der Waals surface area contributed by atoms with Gasteiger partial charge < -0.3 is 32.5 Å². The SMILES string of the molecule is NCCCCC(NC(=O)C(Cc1ccccc1)NC(=O)C(Cc1ccccc1)NC(=O)C(N)Cc1ccccc1)C(=O)O. The zero-order valence-electron chi connectivity index (χ0n) is 24.2. The highest BCUT2D eigenvalue weighted by atomic mass is 16.4. The van der Waals surface area contributed by atoms with Crippen LogP contribution in [0.5, 0.6) is 0 Å². The molecule has 0 aliphatic rings. The number of hydrogen-bond donors (Lipinski definition) is 6. The van der Waals surface area contributed by atoms with E-state index in [2.05, 4.69) is 16.0 Å². The van der Waals surface area contributed by atoms with Gasteiger partial charge in [-0.3, -0.25) is 14.4 Å². The second-order valence-electron chi connectivity index (χ2n) is 10.5. The van der Waals surface area contributed by atoms with Crippen molar-refractivity contribution >= 4 is 23.7 Å². The van der Waals surface area contributed by atoms with Crippen molar-refractivity contribution in [3.63, 3.8) is 0 Å². The van der Waals surface area contributed by atoms with Gasteiger partial charge in [0.05, 0.1) is 6.04 Å². The fourth-order valence-electron chi connectivity index (χ4n) is 4.65. The first-order valence-electron chi connectivity index (χ1n) is 14.5. The van der Waals surface area contributed by atoms with Gasteiger partial charge in [-0.05, 0) is 48.9 Å². The minimum Gasteiger partial charge on any atom is -0.480 e. The van der Waals surface area contributed by atoms with Crippen LogP contribution in [0.4, 0.5) is 0 Å². The molecule has 10 heteroatoms. The average molecular weight is 588 g/mol. The van der Waals surface area contributed by atoms with Crippen molar-refractivity contribution < 1.29 is 24.3 Å². The number of amides is 3. The summed E-state index contributed by atoms with van der Waals surface area (Å²) in [5, 5.41) is 17.8. The predicted octanol–water partition coefficient (Wildman–Crippen LogP) is 1.71. The van der Waals surface area contributed by atoms with E-state index in [1.807, 2.05) is 91.0 Å². The second kappa shape index (κ2) is 17.4. The Morgan fingerprint density at radius 2 is 0.977 bits per heavy atom. The maximum atomic E-state index is 13.7. The Kier molecular flexibility index (Phi) is 13.4. The van der Waals surface area contributed by atoms with Crippen molar-refractivity contribution in [2.45, 2.75) is 62.7 Å². The Morgan fingerprint density at radius 3 is 1.40 bits per heavy atom. The number of carbonyl (C=O) groups is 4. The second-order valence-corrected chi connectivity index (χ2v) is 10.5. The van der Waals surface area contributed by atoms with Crippen LogP contribution in [-0.4, -0.2) is 59.5 Å². The van der Waals surface area contributed by atoms with Crippen molar-refractivity contribution in [3.8, 4) is 0 Å². The molecule has 0 aliphatic carbocycles. The molecular weight excluding hydrogens is 546 g/mol. The summed E-state index contributed by atoms with van der Waals surface area (Å²) in [5.74, 6) is -2.90. The quantitative estimate of drug-likeness (QED) is 0.130. The lowest BCUT2D eigenvalue weighted by atomic mass is 10.0. The standard InChI is InChI=1S/C33H41N5O5/c34-19-11-10-18-27(33(42)43)36-31(40)29(22-25-16-8-3-9-17-25)38-32(41)28(21-24-14-6-2-7-15-24)37-30(39)26(35)20-23-12-4-1-5-13-23/h1-9,12-17,26-29H,10-11,18-22,34-35H2,(H,36,40)(H,37,39)(H,38,41)(H,42,43). The molecule has 0 aliphatic heterocycles. The topological polar surface area (TPSA) is 177 Å². The first kappa shape index (κ1) is 33.0. The third-order valence-electron chi connectivity index (χ3n) is 7.03. The van der Waals surface area contributed by atoms with Crippen LogP contribution < -0.4 is 27.4 Å². The molecule has 3 aromatic carbocycles. The zero-order chi connectivity index (χ0) is 31.0. The van der Waals surface area contributed by atoms with Gasteiger partial charge in [0, 0.05) is 12.8 Å². The van der Waals surface area contributed by atoms with Crippen LogP contribution in [0.25, 0.3) is 0 Å². The number of nitrogens with one attached hydrogen (secondary N) is 3. The lowest BCUT2D eigenvalue weighted by Crippen LogP contribution is -2.58. The Labute approximate surface area is 252 Å². The third kappa shape index (κ3) is 11.3. The highest BCUT2D eigenvalue weighted by molar-refractivity contribution is 5.94. The molecule has 10 nitrogen and oxygen atoms in total. The van der Waals surface area contributed by atoms with Crippen LogP contribution in [0.2, 0.25) is 0 Å². The summed E-state index contributed by atoms with van der Waals surface area (Å²) in [6.45, 7) is 0.413. The van der Waals surface area contributed by atoms with Crippen molar-refractivity contribution in [1.82, 2.24) is 16.0 Å². The summed E-state index contributed by atoms with van der Waals surface area (Å²) in [5.41, 5.74) is 14.2. The number of rotatable bonds is 17. The number of carbonyl (C=O) groups excluding carboxylic acids is 3. The number of benzene rings is 3. The van der Waals surface area contributed by atoms with E-state index in [-0.39, 0.29) is 25.7 Å². The van der Waals surface area contributed by atoms with E-state index in [4.69, 9.17) is 11.5 Å². The molecule has 0 saturated heterocycles. The summed E-state index contributed by atoms with van der Waals surface area (Å²) in [6.07, 6.45) is 1.91. The van der Waals surface area contributed by atoms with E-state index in [1.165, 1.54) is 0 Å². The van der Waals surface area contributed by atoms with Gasteiger partial charge in [0.25, 0.3) is 0 Å². The maximum Gasteiger partial charge on any atom is 0.326 e. The summed E-state index contributed by atoms with van der Waals surface area (Å²) in [6, 6.07) is 23.4. The van der Waals surface area contributed by atoms with Crippen molar-refractivity contribution in [3.05, 3.63) is 108 Å². The van der Waals surface area contributed by atoms with Crippen molar-refractivity contribution in [2.24, 2.45) is 11.5 Å². The lowest BCUT2D eigenvalue weighted by molar-refractivity contribution is -0.142. The molecule has 0 radical (unpaired) electrons. The highest BCUT2D eigenvalue weighted by Crippen LogP contribution is 2.09. The maximum absolute atomic E-state index is 13.7. The van der Waals surface area contributed by atoms with Crippen LogP contribution >= 0.6 is 0 Å². The van der Waals surface area contributed by atoms with Crippen LogP contribution in [-0.2, 0) is 38.4 Å². The van der Waals surface area contributed by atoms with Gasteiger partial charge in [0.15, 0.2) is 0 Å². The number of carboxylic acid groups (broad SMARTS) is 1. The third-order valence-corrected chi connectivity index (χ3v) is 7.03. The summed E-state index contributed by atoms with van der Waals surface area (Å²) in [4.78, 5) is 52.2. The Balaban J connectivity index is 1.80. The molecule has 4 unspecified atom stereocenters. The Hall–Kier alpha value is -4.54. The molecule has 0 aromatic heterocycles. The molecular formula is C33H41N5O5. The van der Waals surface area contributed by atoms with Gasteiger partial charge in [-0.15, -0.1) is 0 Å². The van der Waals surface area contributed by atoms with E-state index in [0.29, 0.717) is 19.4 Å². The summed E-state index contributed by atoms with van der Waals surface area (Å²) >= 11 is 0. The monoisotopic (exact) mass is 587 g/mol. The first-order chi connectivity index (χ1) is 20.8. The van der Waals surface area contributed by atoms with E-state index in [0.717, 1.165) is 16.7 Å². The summed E-state index contributed by atoms with van der Waals surface area (Å²) in [7, 11) is 0. The molecule has 8 N–H and O–H groups in total. The molecule has 0 fully saturated rings. The normalized spacial score (nSPS) is 13.6. The zero-order valence-corrected chi connectivity index (χ0v) is 24.2. The van der Waals surface area contributed by atoms with E-state index < -0.39 is 47.9 Å². The number of hydrogen-bond acceptors (Lipinski definition) is 6. The molecule has 3 aromatic rings. The van der Waals surface area contributed by atoms with Crippen LogP contribution in [0, 0.1) is 0 Å². The molecule has 228 valence electrons. The lowest BCUT2D eigenvalue weighted by Gasteiger charge is -2.25. The molecule has 3 rings (SSSR count). The predicted molar refractivity (Wildman–Crippen MR) is 165 cm³/mol. The Bertz CT molecular complexity index is 1310. The van der Waals surface area contributed by atoms with Crippen molar-refractivity contribution in [1.29, 1.82) is 0 Å². The molecule has 0 heterocycles. The molecule has 0 saturated carbocycles. The van der Waals surface area contributed by atoms with E-state index >= 15 is 0 Å². The first-order valence-corrected chi connectivity index (χ1v) is 14.5. The van der Waals surface area contributed by atoms with Crippen molar-refractivity contribution in [2.75, 3.05) is 6.54 Å². The number of aliphatic carboxylic acids is 1. The van der Waals surface area contributed by atoms with Gasteiger partial charge in [-0.25, -0.2) is 4.79 Å². The molecule has 0 bridgehead atoms. The van der Waals surface area contributed by atoms with Crippen LogP contribution in [0.3, 0.4) is 0 Å². The van der Waals surface area contributed by atoms with Gasteiger partial charge in [0.1, 0.15) is 18.1 Å². The van der Waals surface area contributed by atoms with E-state index in [9.17, 15) is 24.3 Å². The minimum absolute atomic E-state index is 0.118. The average Bonchev–Trinajstić information content (AvgIpc) is 3.01. The molecule has 4 atom stereocenters. The van der Waals surface area contributed by atoms with Gasteiger partial charge in [-0.1, -0.05) is 91.0 Å². The smallest absolute Gasteiger partial charge is 0.326 e. The fraction of sp³-hybridized carbons (Fsp3) is 0.333.